The number of hydrogen-bond donors (Lipinski definition) is 1. The number of benzene rings is 1. The van der Waals surface area contributed by atoms with E-state index in [9.17, 15) is 22.0 Å². The number of rotatable bonds is 8. The Morgan fingerprint density at radius 3 is 2.24 bits per heavy atom. The van der Waals surface area contributed by atoms with Gasteiger partial charge in [0.1, 0.15) is 0 Å². The second-order valence-corrected chi connectivity index (χ2v) is 4.27. The fourth-order valence-corrected chi connectivity index (χ4v) is 1.53. The van der Waals surface area contributed by atoms with Crippen molar-refractivity contribution >= 4 is 0 Å². The summed E-state index contributed by atoms with van der Waals surface area (Å²) in [5, 5.41) is 2.89. The van der Waals surface area contributed by atoms with E-state index in [1.807, 2.05) is 0 Å². The first-order valence-electron chi connectivity index (χ1n) is 6.20. The van der Waals surface area contributed by atoms with Gasteiger partial charge in [0.05, 0.1) is 19.6 Å². The summed E-state index contributed by atoms with van der Waals surface area (Å²) in [6.45, 7) is 0.329. The molecule has 0 amide bonds. The van der Waals surface area contributed by atoms with Gasteiger partial charge in [0.2, 0.25) is 0 Å². The van der Waals surface area contributed by atoms with E-state index < -0.39 is 36.6 Å². The molecule has 8 heteroatoms. The molecule has 120 valence electrons. The van der Waals surface area contributed by atoms with E-state index >= 15 is 0 Å². The summed E-state index contributed by atoms with van der Waals surface area (Å²) in [4.78, 5) is 0. The lowest BCUT2D eigenvalue weighted by Crippen LogP contribution is -2.19. The van der Waals surface area contributed by atoms with Crippen LogP contribution in [0.2, 0.25) is 0 Å². The smallest absolute Gasteiger partial charge is 0.392 e. The number of methoxy groups -OCH3 is 1. The molecule has 0 bridgehead atoms. The SMILES string of the molecule is COCCNCc1cc(F)c(OCCC(F)(F)F)c(F)c1. The van der Waals surface area contributed by atoms with E-state index in [2.05, 4.69) is 10.1 Å². The van der Waals surface area contributed by atoms with Crippen LogP contribution >= 0.6 is 0 Å². The van der Waals surface area contributed by atoms with Gasteiger partial charge in [-0.25, -0.2) is 8.78 Å². The van der Waals surface area contributed by atoms with Crippen molar-refractivity contribution < 1.29 is 31.4 Å². The van der Waals surface area contributed by atoms with Gasteiger partial charge in [-0.1, -0.05) is 0 Å². The van der Waals surface area contributed by atoms with Gasteiger partial charge >= 0.3 is 6.18 Å². The highest BCUT2D eigenvalue weighted by Gasteiger charge is 2.27. The zero-order chi connectivity index (χ0) is 15.9. The molecule has 3 nitrogen and oxygen atoms in total. The zero-order valence-corrected chi connectivity index (χ0v) is 11.4. The summed E-state index contributed by atoms with van der Waals surface area (Å²) in [7, 11) is 1.52. The quantitative estimate of drug-likeness (QED) is 0.591. The molecule has 21 heavy (non-hydrogen) atoms. The first-order chi connectivity index (χ1) is 9.83. The van der Waals surface area contributed by atoms with E-state index in [1.54, 1.807) is 0 Å². The zero-order valence-electron chi connectivity index (χ0n) is 11.4. The van der Waals surface area contributed by atoms with Crippen molar-refractivity contribution in [2.24, 2.45) is 0 Å². The van der Waals surface area contributed by atoms with Gasteiger partial charge in [0.15, 0.2) is 17.4 Å². The van der Waals surface area contributed by atoms with Crippen LogP contribution in [0.3, 0.4) is 0 Å². The highest BCUT2D eigenvalue weighted by molar-refractivity contribution is 5.31. The maximum atomic E-state index is 13.6. The molecule has 0 fully saturated rings. The van der Waals surface area contributed by atoms with Crippen molar-refractivity contribution in [3.63, 3.8) is 0 Å². The van der Waals surface area contributed by atoms with Crippen molar-refractivity contribution in [2.75, 3.05) is 26.9 Å². The highest BCUT2D eigenvalue weighted by atomic mass is 19.4. The number of halogens is 5. The lowest BCUT2D eigenvalue weighted by Gasteiger charge is -2.12. The number of hydrogen-bond acceptors (Lipinski definition) is 3. The maximum absolute atomic E-state index is 13.6. The van der Waals surface area contributed by atoms with Gasteiger partial charge < -0.3 is 14.8 Å². The van der Waals surface area contributed by atoms with Crippen LogP contribution in [0, 0.1) is 11.6 Å². The molecule has 1 aromatic rings. The maximum Gasteiger partial charge on any atom is 0.392 e. The standard InChI is InChI=1S/C13H16F5NO2/c1-20-5-3-19-8-9-6-10(14)12(11(15)7-9)21-4-2-13(16,17)18/h6-7,19H,2-5,8H2,1H3. The Kier molecular flexibility index (Phi) is 6.83. The molecular weight excluding hydrogens is 297 g/mol. The average Bonchev–Trinajstić information content (AvgIpc) is 2.37. The van der Waals surface area contributed by atoms with E-state index in [0.29, 0.717) is 18.7 Å². The van der Waals surface area contributed by atoms with Crippen molar-refractivity contribution in [3.05, 3.63) is 29.3 Å². The predicted octanol–water partition coefficient (Wildman–Crippen LogP) is 3.03. The molecule has 1 N–H and O–H groups in total. The summed E-state index contributed by atoms with van der Waals surface area (Å²) in [5.74, 6) is -2.85. The summed E-state index contributed by atoms with van der Waals surface area (Å²) in [6, 6.07) is 2.04. The molecule has 0 aromatic heterocycles. The molecule has 0 aliphatic heterocycles. The Bertz CT molecular complexity index is 428. The topological polar surface area (TPSA) is 30.5 Å². The summed E-state index contributed by atoms with van der Waals surface area (Å²) >= 11 is 0. The number of ether oxygens (including phenoxy) is 2. The lowest BCUT2D eigenvalue weighted by molar-refractivity contribution is -0.139. The van der Waals surface area contributed by atoms with Crippen molar-refractivity contribution in [3.8, 4) is 5.75 Å². The molecule has 0 spiro atoms. The minimum Gasteiger partial charge on any atom is -0.487 e. The van der Waals surface area contributed by atoms with Gasteiger partial charge in [-0.15, -0.1) is 0 Å². The first kappa shape index (κ1) is 17.6. The van der Waals surface area contributed by atoms with Crippen molar-refractivity contribution in [1.29, 1.82) is 0 Å². The Balaban J connectivity index is 2.58. The highest BCUT2D eigenvalue weighted by Crippen LogP contribution is 2.25. The Hall–Kier alpha value is -1.41. The van der Waals surface area contributed by atoms with Crippen LogP contribution in [0.4, 0.5) is 22.0 Å². The van der Waals surface area contributed by atoms with Crippen LogP contribution in [-0.2, 0) is 11.3 Å². The van der Waals surface area contributed by atoms with E-state index in [0.717, 1.165) is 12.1 Å². The molecule has 1 aromatic carbocycles. The third kappa shape index (κ3) is 6.72. The molecule has 0 saturated carbocycles. The van der Waals surface area contributed by atoms with Crippen molar-refractivity contribution in [2.45, 2.75) is 19.1 Å². The molecule has 0 unspecified atom stereocenters. The molecule has 1 rings (SSSR count). The van der Waals surface area contributed by atoms with Crippen LogP contribution < -0.4 is 10.1 Å². The lowest BCUT2D eigenvalue weighted by atomic mass is 10.2. The van der Waals surface area contributed by atoms with E-state index in [1.165, 1.54) is 7.11 Å². The van der Waals surface area contributed by atoms with Gasteiger partial charge in [0.25, 0.3) is 0 Å². The minimum absolute atomic E-state index is 0.208. The fourth-order valence-electron chi connectivity index (χ4n) is 1.53. The second-order valence-electron chi connectivity index (χ2n) is 4.27. The van der Waals surface area contributed by atoms with E-state index in [-0.39, 0.29) is 6.54 Å². The molecule has 0 saturated heterocycles. The van der Waals surface area contributed by atoms with Crippen LogP contribution in [0.15, 0.2) is 12.1 Å². The van der Waals surface area contributed by atoms with Crippen LogP contribution in [0.1, 0.15) is 12.0 Å². The molecular formula is C13H16F5NO2. The van der Waals surface area contributed by atoms with Crippen LogP contribution in [0.5, 0.6) is 5.75 Å². The molecule has 0 aliphatic carbocycles. The molecule has 0 heterocycles. The first-order valence-corrected chi connectivity index (χ1v) is 6.20. The fraction of sp³-hybridized carbons (Fsp3) is 0.538. The Morgan fingerprint density at radius 1 is 1.10 bits per heavy atom. The number of nitrogens with one attached hydrogen (secondary N) is 1. The predicted molar refractivity (Wildman–Crippen MR) is 66.1 cm³/mol. The minimum atomic E-state index is -4.43. The normalized spacial score (nSPS) is 11.7. The van der Waals surface area contributed by atoms with Crippen LogP contribution in [0.25, 0.3) is 0 Å². The molecule has 0 aliphatic rings. The third-order valence-corrected chi connectivity index (χ3v) is 2.50. The van der Waals surface area contributed by atoms with Gasteiger partial charge in [-0.2, -0.15) is 13.2 Å². The molecule has 0 atom stereocenters. The van der Waals surface area contributed by atoms with Gasteiger partial charge in [0, 0.05) is 20.2 Å². The second kappa shape index (κ2) is 8.14. The van der Waals surface area contributed by atoms with Gasteiger partial charge in [-0.05, 0) is 17.7 Å². The largest absolute Gasteiger partial charge is 0.487 e. The monoisotopic (exact) mass is 313 g/mol. The Morgan fingerprint density at radius 2 is 1.71 bits per heavy atom. The molecule has 0 radical (unpaired) electrons. The third-order valence-electron chi connectivity index (χ3n) is 2.50. The Labute approximate surface area is 119 Å². The van der Waals surface area contributed by atoms with E-state index in [4.69, 9.17) is 4.74 Å². The summed E-state index contributed by atoms with van der Waals surface area (Å²) in [6.07, 6.45) is -5.70. The average molecular weight is 313 g/mol. The van der Waals surface area contributed by atoms with Gasteiger partial charge in [-0.3, -0.25) is 0 Å². The van der Waals surface area contributed by atoms with Crippen LogP contribution in [-0.4, -0.2) is 33.0 Å². The summed E-state index contributed by atoms with van der Waals surface area (Å²) < 4.78 is 72.4. The van der Waals surface area contributed by atoms with Crippen molar-refractivity contribution in [1.82, 2.24) is 5.32 Å². The number of alkyl halides is 3. The summed E-state index contributed by atoms with van der Waals surface area (Å²) in [5.41, 5.74) is 0.323.